The van der Waals surface area contributed by atoms with Crippen LogP contribution in [0.5, 0.6) is 0 Å². The smallest absolute Gasteiger partial charge is 0.388 e. The molecule has 3 rings (SSSR count). The van der Waals surface area contributed by atoms with Crippen molar-refractivity contribution in [2.45, 2.75) is 44.6 Å². The van der Waals surface area contributed by atoms with Crippen molar-refractivity contribution < 1.29 is 33.5 Å². The van der Waals surface area contributed by atoms with Crippen molar-refractivity contribution in [3.63, 3.8) is 0 Å². The first kappa shape index (κ1) is 23.3. The fourth-order valence-corrected chi connectivity index (χ4v) is 3.74. The molecule has 0 bridgehead atoms. The molecule has 2 aromatic heterocycles. The van der Waals surface area contributed by atoms with Gasteiger partial charge < -0.3 is 30.7 Å². The lowest BCUT2D eigenvalue weighted by Crippen LogP contribution is -2.39. The number of fused-ring (bicyclic) bond motifs is 1. The first-order chi connectivity index (χ1) is 14.6. The number of H-pyrrole nitrogens is 1. The molecule has 15 heteroatoms. The lowest BCUT2D eigenvalue weighted by molar-refractivity contribution is -0.121. The van der Waals surface area contributed by atoms with Gasteiger partial charge >= 0.3 is 7.82 Å². The minimum absolute atomic E-state index is 0.0157. The number of aromatic amines is 1. The van der Waals surface area contributed by atoms with Crippen molar-refractivity contribution in [2.24, 2.45) is 5.92 Å². The molecular formula is C16H25N6O8P. The predicted molar refractivity (Wildman–Crippen MR) is 106 cm³/mol. The highest BCUT2D eigenvalue weighted by atomic mass is 31.2. The molecule has 7 N–H and O–H groups in total. The quantitative estimate of drug-likeness (QED) is 0.249. The third-order valence-corrected chi connectivity index (χ3v) is 5.43. The Morgan fingerprint density at radius 2 is 2.23 bits per heavy atom. The van der Waals surface area contributed by atoms with Crippen molar-refractivity contribution >= 4 is 30.8 Å². The van der Waals surface area contributed by atoms with Crippen molar-refractivity contribution in [3.8, 4) is 0 Å². The maximum atomic E-state index is 12.0. The number of aliphatic hydroxyl groups is 1. The number of carbonyl (C=O) groups is 1. The van der Waals surface area contributed by atoms with Gasteiger partial charge in [0.15, 0.2) is 17.4 Å². The molecule has 0 aliphatic carbocycles. The van der Waals surface area contributed by atoms with Gasteiger partial charge in [0.25, 0.3) is 5.56 Å². The molecule has 4 atom stereocenters. The standard InChI is InChI=1S/C16H25N6O8P/c1-2-3-4-10(23)18-5-8-9(6-29-31(26,27)28)30-15(12(8)24)22-7-19-11-13(22)20-16(17)21-14(11)25/h7-9,12,15,24H,2-6H2,1H3,(H,18,23)(H2,26,27,28)(H3,17,20,21,25)/t8-,9-,12-,15-/m1/s1. The Kier molecular flexibility index (Phi) is 7.09. The number of nitrogen functional groups attached to an aromatic ring is 1. The number of imidazole rings is 1. The number of nitrogens with zero attached hydrogens (tertiary/aromatic N) is 3. The van der Waals surface area contributed by atoms with Gasteiger partial charge in [-0.15, -0.1) is 0 Å². The molecule has 1 fully saturated rings. The number of rotatable bonds is 9. The number of phosphoric acid groups is 1. The van der Waals surface area contributed by atoms with Crippen LogP contribution in [0.25, 0.3) is 11.2 Å². The van der Waals surface area contributed by atoms with Gasteiger partial charge in [-0.3, -0.25) is 23.7 Å². The number of amides is 1. The van der Waals surface area contributed by atoms with Crippen molar-refractivity contribution in [1.82, 2.24) is 24.8 Å². The van der Waals surface area contributed by atoms with Gasteiger partial charge in [0.1, 0.15) is 6.10 Å². The summed E-state index contributed by atoms with van der Waals surface area (Å²) < 4.78 is 22.8. The van der Waals surface area contributed by atoms with Crippen LogP contribution in [-0.2, 0) is 18.6 Å². The second-order valence-electron chi connectivity index (χ2n) is 7.19. The van der Waals surface area contributed by atoms with E-state index in [2.05, 4.69) is 24.8 Å². The van der Waals surface area contributed by atoms with Crippen LogP contribution in [0.3, 0.4) is 0 Å². The van der Waals surface area contributed by atoms with E-state index in [1.165, 1.54) is 10.9 Å². The second kappa shape index (κ2) is 9.42. The number of hydrogen-bond donors (Lipinski definition) is 6. The molecule has 31 heavy (non-hydrogen) atoms. The number of hydrogen-bond acceptors (Lipinski definition) is 9. The molecule has 172 valence electrons. The van der Waals surface area contributed by atoms with Crippen molar-refractivity contribution in [1.29, 1.82) is 0 Å². The monoisotopic (exact) mass is 460 g/mol. The number of anilines is 1. The molecule has 14 nitrogen and oxygen atoms in total. The summed E-state index contributed by atoms with van der Waals surface area (Å²) in [5.41, 5.74) is 5.06. The number of aliphatic hydroxyl groups excluding tert-OH is 1. The number of unbranched alkanes of at least 4 members (excludes halogenated alkanes) is 1. The predicted octanol–water partition coefficient (Wildman–Crippen LogP) is -1.01. The van der Waals surface area contributed by atoms with Crippen LogP contribution >= 0.6 is 7.82 Å². The molecular weight excluding hydrogens is 435 g/mol. The number of aromatic nitrogens is 4. The summed E-state index contributed by atoms with van der Waals surface area (Å²) in [6.07, 6.45) is -0.235. The molecule has 0 radical (unpaired) electrons. The highest BCUT2D eigenvalue weighted by Gasteiger charge is 2.46. The van der Waals surface area contributed by atoms with Gasteiger partial charge in [-0.25, -0.2) is 9.55 Å². The number of ether oxygens (including phenoxy) is 1. The molecule has 3 heterocycles. The Bertz CT molecular complexity index is 1030. The van der Waals surface area contributed by atoms with E-state index in [4.69, 9.17) is 20.3 Å². The van der Waals surface area contributed by atoms with Gasteiger partial charge in [0.2, 0.25) is 11.9 Å². The largest absolute Gasteiger partial charge is 0.469 e. The third-order valence-electron chi connectivity index (χ3n) is 4.95. The van der Waals surface area contributed by atoms with Gasteiger partial charge in [-0.05, 0) is 6.42 Å². The van der Waals surface area contributed by atoms with Crippen molar-refractivity contribution in [3.05, 3.63) is 16.7 Å². The van der Waals surface area contributed by atoms with Crippen LogP contribution in [0.4, 0.5) is 5.95 Å². The summed E-state index contributed by atoms with van der Waals surface area (Å²) >= 11 is 0. The zero-order chi connectivity index (χ0) is 22.8. The van der Waals surface area contributed by atoms with E-state index < -0.39 is 44.3 Å². The zero-order valence-corrected chi connectivity index (χ0v) is 17.6. The minimum atomic E-state index is -4.79. The topological polar surface area (TPSA) is 215 Å². The summed E-state index contributed by atoms with van der Waals surface area (Å²) in [6.45, 7) is 1.40. The van der Waals surface area contributed by atoms with E-state index in [1.807, 2.05) is 6.92 Å². The average Bonchev–Trinajstić information content (AvgIpc) is 3.23. The summed E-state index contributed by atoms with van der Waals surface area (Å²) in [7, 11) is -4.79. The summed E-state index contributed by atoms with van der Waals surface area (Å²) in [4.78, 5) is 52.3. The highest BCUT2D eigenvalue weighted by Crippen LogP contribution is 2.40. The molecule has 0 saturated carbocycles. The number of phosphoric ester groups is 1. The molecule has 2 aromatic rings. The maximum absolute atomic E-state index is 12.0. The fourth-order valence-electron chi connectivity index (χ4n) is 3.39. The Hall–Kier alpha value is -2.35. The van der Waals surface area contributed by atoms with Crippen LogP contribution < -0.4 is 16.6 Å². The summed E-state index contributed by atoms with van der Waals surface area (Å²) in [5, 5.41) is 13.6. The molecule has 1 saturated heterocycles. The van der Waals surface area contributed by atoms with Gasteiger partial charge in [-0.2, -0.15) is 4.98 Å². The lowest BCUT2D eigenvalue weighted by atomic mass is 9.98. The van der Waals surface area contributed by atoms with E-state index in [0.717, 1.165) is 6.42 Å². The minimum Gasteiger partial charge on any atom is -0.388 e. The Balaban J connectivity index is 1.84. The molecule has 1 aliphatic rings. The Morgan fingerprint density at radius 1 is 1.48 bits per heavy atom. The van der Waals surface area contributed by atoms with Gasteiger partial charge in [-0.1, -0.05) is 13.3 Å². The van der Waals surface area contributed by atoms with Crippen LogP contribution in [0.2, 0.25) is 0 Å². The fraction of sp³-hybridized carbons (Fsp3) is 0.625. The van der Waals surface area contributed by atoms with E-state index in [1.54, 1.807) is 0 Å². The molecule has 0 spiro atoms. The molecule has 1 amide bonds. The van der Waals surface area contributed by atoms with Crippen LogP contribution in [0.1, 0.15) is 32.4 Å². The van der Waals surface area contributed by atoms with Crippen LogP contribution in [0.15, 0.2) is 11.1 Å². The Labute approximate surface area is 176 Å². The van der Waals surface area contributed by atoms with Gasteiger partial charge in [0.05, 0.1) is 19.0 Å². The first-order valence-electron chi connectivity index (χ1n) is 9.63. The number of nitrogens with one attached hydrogen (secondary N) is 2. The lowest BCUT2D eigenvalue weighted by Gasteiger charge is -2.21. The molecule has 0 unspecified atom stereocenters. The van der Waals surface area contributed by atoms with E-state index in [0.29, 0.717) is 12.8 Å². The number of carbonyl (C=O) groups excluding carboxylic acids is 1. The summed E-state index contributed by atoms with van der Waals surface area (Å²) in [6, 6.07) is 0. The van der Waals surface area contributed by atoms with Gasteiger partial charge in [0, 0.05) is 18.9 Å². The third kappa shape index (κ3) is 5.47. The van der Waals surface area contributed by atoms with E-state index >= 15 is 0 Å². The number of nitrogens with two attached hydrogens (primary N) is 1. The highest BCUT2D eigenvalue weighted by molar-refractivity contribution is 7.46. The normalized spacial score (nSPS) is 24.0. The average molecular weight is 460 g/mol. The maximum Gasteiger partial charge on any atom is 0.469 e. The molecule has 1 aliphatic heterocycles. The Morgan fingerprint density at radius 3 is 2.90 bits per heavy atom. The van der Waals surface area contributed by atoms with E-state index in [9.17, 15) is 19.3 Å². The van der Waals surface area contributed by atoms with Crippen LogP contribution in [-0.4, -0.2) is 65.7 Å². The molecule has 0 aromatic carbocycles. The summed E-state index contributed by atoms with van der Waals surface area (Å²) in [5.74, 6) is -1.15. The van der Waals surface area contributed by atoms with Crippen LogP contribution in [0, 0.1) is 5.92 Å². The van der Waals surface area contributed by atoms with Crippen molar-refractivity contribution in [2.75, 3.05) is 18.9 Å². The SMILES string of the molecule is CCCCC(=O)NC[C@H]1[C@@H](O)[C@H](n2cnc3c(=O)[nH]c(N)nc32)O[C@@H]1COP(=O)(O)O. The zero-order valence-electron chi connectivity index (χ0n) is 16.7. The van der Waals surface area contributed by atoms with E-state index in [-0.39, 0.29) is 29.6 Å². The second-order valence-corrected chi connectivity index (χ2v) is 8.43. The first-order valence-corrected chi connectivity index (χ1v) is 11.2.